The summed E-state index contributed by atoms with van der Waals surface area (Å²) in [6, 6.07) is 0. The standard InChI is InChI=1S/C17H25N5O/c23-17(18-9-16-8-13-3-6-15(16)7-13)14-4-1-12(2-5-14)10-22-11-19-20-21-22/h3,6,11-16H,1-2,4-5,7-10H2,(H,18,23). The highest BCUT2D eigenvalue weighted by Gasteiger charge is 2.36. The van der Waals surface area contributed by atoms with Crippen LogP contribution in [0, 0.1) is 29.6 Å². The summed E-state index contributed by atoms with van der Waals surface area (Å²) in [7, 11) is 0. The Labute approximate surface area is 136 Å². The van der Waals surface area contributed by atoms with Gasteiger partial charge in [-0.05, 0) is 72.6 Å². The lowest BCUT2D eigenvalue weighted by molar-refractivity contribution is -0.126. The summed E-state index contributed by atoms with van der Waals surface area (Å²) in [6.07, 6.45) is 13.1. The lowest BCUT2D eigenvalue weighted by Crippen LogP contribution is -2.37. The molecule has 0 aromatic carbocycles. The van der Waals surface area contributed by atoms with Gasteiger partial charge in [0.1, 0.15) is 6.33 Å². The molecular formula is C17H25N5O. The molecule has 3 aliphatic rings. The zero-order valence-corrected chi connectivity index (χ0v) is 13.5. The molecule has 0 spiro atoms. The first kappa shape index (κ1) is 14.8. The minimum atomic E-state index is 0.203. The average molecular weight is 315 g/mol. The van der Waals surface area contributed by atoms with E-state index in [2.05, 4.69) is 33.0 Å². The summed E-state index contributed by atoms with van der Waals surface area (Å²) in [5.41, 5.74) is 0. The molecule has 1 heterocycles. The highest BCUT2D eigenvalue weighted by molar-refractivity contribution is 5.78. The van der Waals surface area contributed by atoms with E-state index in [9.17, 15) is 4.79 Å². The van der Waals surface area contributed by atoms with Crippen LogP contribution in [0.3, 0.4) is 0 Å². The Bertz CT molecular complexity index is 562. The first-order valence-electron chi connectivity index (χ1n) is 8.94. The van der Waals surface area contributed by atoms with Crippen LogP contribution in [-0.4, -0.2) is 32.7 Å². The van der Waals surface area contributed by atoms with Gasteiger partial charge in [-0.2, -0.15) is 0 Å². The zero-order chi connectivity index (χ0) is 15.6. The summed E-state index contributed by atoms with van der Waals surface area (Å²) in [6.45, 7) is 1.74. The van der Waals surface area contributed by atoms with Gasteiger partial charge >= 0.3 is 0 Å². The van der Waals surface area contributed by atoms with Gasteiger partial charge in [-0.3, -0.25) is 4.79 Å². The maximum absolute atomic E-state index is 12.4. The van der Waals surface area contributed by atoms with Crippen molar-refractivity contribution < 1.29 is 4.79 Å². The molecule has 1 aromatic heterocycles. The fourth-order valence-electron chi connectivity index (χ4n) is 4.64. The maximum atomic E-state index is 12.4. The second kappa shape index (κ2) is 6.42. The van der Waals surface area contributed by atoms with E-state index in [0.29, 0.717) is 17.8 Å². The van der Waals surface area contributed by atoms with E-state index in [4.69, 9.17) is 0 Å². The molecule has 6 nitrogen and oxygen atoms in total. The Hall–Kier alpha value is -1.72. The van der Waals surface area contributed by atoms with Gasteiger partial charge in [0.25, 0.3) is 0 Å². The number of nitrogens with zero attached hydrogens (tertiary/aromatic N) is 4. The Balaban J connectivity index is 1.19. The van der Waals surface area contributed by atoms with Gasteiger partial charge in [-0.25, -0.2) is 4.68 Å². The molecule has 2 bridgehead atoms. The van der Waals surface area contributed by atoms with E-state index in [0.717, 1.165) is 44.7 Å². The third-order valence-corrected chi connectivity index (χ3v) is 6.01. The largest absolute Gasteiger partial charge is 0.356 e. The van der Waals surface area contributed by atoms with Crippen LogP contribution in [0.4, 0.5) is 0 Å². The number of aromatic nitrogens is 4. The van der Waals surface area contributed by atoms with E-state index in [1.807, 2.05) is 0 Å². The highest BCUT2D eigenvalue weighted by Crippen LogP contribution is 2.43. The van der Waals surface area contributed by atoms with Crippen LogP contribution >= 0.6 is 0 Å². The first-order valence-corrected chi connectivity index (χ1v) is 8.94. The smallest absolute Gasteiger partial charge is 0.223 e. The number of hydrogen-bond acceptors (Lipinski definition) is 4. The molecule has 3 atom stereocenters. The Morgan fingerprint density at radius 3 is 2.70 bits per heavy atom. The second-order valence-corrected chi connectivity index (χ2v) is 7.53. The number of amides is 1. The molecule has 0 aliphatic heterocycles. The molecular weight excluding hydrogens is 290 g/mol. The molecule has 6 heteroatoms. The van der Waals surface area contributed by atoms with Crippen LogP contribution in [-0.2, 0) is 11.3 Å². The lowest BCUT2D eigenvalue weighted by Gasteiger charge is -2.28. The second-order valence-electron chi connectivity index (χ2n) is 7.53. The van der Waals surface area contributed by atoms with Crippen molar-refractivity contribution in [2.45, 2.75) is 45.1 Å². The molecule has 2 saturated carbocycles. The molecule has 0 radical (unpaired) electrons. The zero-order valence-electron chi connectivity index (χ0n) is 13.5. The lowest BCUT2D eigenvalue weighted by atomic mass is 9.81. The summed E-state index contributed by atoms with van der Waals surface area (Å²) >= 11 is 0. The summed E-state index contributed by atoms with van der Waals surface area (Å²) in [4.78, 5) is 12.4. The Kier molecular flexibility index (Phi) is 4.14. The molecule has 0 saturated heterocycles. The van der Waals surface area contributed by atoms with Gasteiger partial charge in [0.05, 0.1) is 0 Å². The van der Waals surface area contributed by atoms with Crippen LogP contribution in [0.15, 0.2) is 18.5 Å². The van der Waals surface area contributed by atoms with Gasteiger partial charge in [0.15, 0.2) is 0 Å². The van der Waals surface area contributed by atoms with E-state index < -0.39 is 0 Å². The van der Waals surface area contributed by atoms with Crippen LogP contribution in [0.2, 0.25) is 0 Å². The van der Waals surface area contributed by atoms with Crippen molar-refractivity contribution in [1.29, 1.82) is 0 Å². The van der Waals surface area contributed by atoms with E-state index in [1.165, 1.54) is 12.8 Å². The third kappa shape index (κ3) is 3.31. The van der Waals surface area contributed by atoms with Crippen LogP contribution < -0.4 is 5.32 Å². The fraction of sp³-hybridized carbons (Fsp3) is 0.765. The maximum Gasteiger partial charge on any atom is 0.223 e. The van der Waals surface area contributed by atoms with E-state index in [1.54, 1.807) is 11.0 Å². The molecule has 23 heavy (non-hydrogen) atoms. The van der Waals surface area contributed by atoms with Gasteiger partial charge in [-0.1, -0.05) is 12.2 Å². The van der Waals surface area contributed by atoms with Crippen molar-refractivity contribution in [3.63, 3.8) is 0 Å². The molecule has 3 aliphatic carbocycles. The quantitative estimate of drug-likeness (QED) is 0.841. The molecule has 1 amide bonds. The minimum absolute atomic E-state index is 0.203. The number of tetrazole rings is 1. The van der Waals surface area contributed by atoms with Crippen molar-refractivity contribution >= 4 is 5.91 Å². The van der Waals surface area contributed by atoms with Crippen molar-refractivity contribution in [2.24, 2.45) is 29.6 Å². The van der Waals surface area contributed by atoms with Crippen LogP contribution in [0.25, 0.3) is 0 Å². The predicted octanol–water partition coefficient (Wildman–Crippen LogP) is 1.81. The van der Waals surface area contributed by atoms with Gasteiger partial charge < -0.3 is 5.32 Å². The predicted molar refractivity (Wildman–Crippen MR) is 85.1 cm³/mol. The topological polar surface area (TPSA) is 72.7 Å². The van der Waals surface area contributed by atoms with Crippen molar-refractivity contribution in [3.8, 4) is 0 Å². The first-order chi connectivity index (χ1) is 11.3. The van der Waals surface area contributed by atoms with Crippen molar-refractivity contribution in [3.05, 3.63) is 18.5 Å². The van der Waals surface area contributed by atoms with Crippen LogP contribution in [0.1, 0.15) is 38.5 Å². The number of carbonyl (C=O) groups excluding carboxylic acids is 1. The van der Waals surface area contributed by atoms with Crippen molar-refractivity contribution in [1.82, 2.24) is 25.5 Å². The monoisotopic (exact) mass is 315 g/mol. The Morgan fingerprint density at radius 1 is 1.17 bits per heavy atom. The molecule has 2 fully saturated rings. The molecule has 1 aromatic rings. The number of allylic oxidation sites excluding steroid dienone is 2. The fourth-order valence-corrected chi connectivity index (χ4v) is 4.64. The van der Waals surface area contributed by atoms with Crippen LogP contribution in [0.5, 0.6) is 0 Å². The third-order valence-electron chi connectivity index (χ3n) is 6.01. The molecule has 4 rings (SSSR count). The van der Waals surface area contributed by atoms with Gasteiger partial charge in [-0.15, -0.1) is 5.10 Å². The summed E-state index contributed by atoms with van der Waals surface area (Å²) < 4.78 is 1.80. The summed E-state index contributed by atoms with van der Waals surface area (Å²) in [5.74, 6) is 3.24. The van der Waals surface area contributed by atoms with Crippen molar-refractivity contribution in [2.75, 3.05) is 6.54 Å². The summed E-state index contributed by atoms with van der Waals surface area (Å²) in [5, 5.41) is 14.5. The molecule has 3 unspecified atom stereocenters. The number of fused-ring (bicyclic) bond motifs is 2. The Morgan fingerprint density at radius 2 is 2.04 bits per heavy atom. The molecule has 124 valence electrons. The number of hydrogen-bond donors (Lipinski definition) is 1. The highest BCUT2D eigenvalue weighted by atomic mass is 16.1. The van der Waals surface area contributed by atoms with Gasteiger partial charge in [0, 0.05) is 19.0 Å². The number of carbonyl (C=O) groups is 1. The molecule has 1 N–H and O–H groups in total. The average Bonchev–Trinajstić information content (AvgIpc) is 3.31. The number of nitrogens with one attached hydrogen (secondary N) is 1. The minimum Gasteiger partial charge on any atom is -0.356 e. The van der Waals surface area contributed by atoms with E-state index in [-0.39, 0.29) is 11.8 Å². The van der Waals surface area contributed by atoms with Gasteiger partial charge in [0.2, 0.25) is 5.91 Å². The normalized spacial score (nSPS) is 35.6. The number of rotatable bonds is 5. The van der Waals surface area contributed by atoms with E-state index >= 15 is 0 Å². The SMILES string of the molecule is O=C(NCC1CC2C=CC1C2)C1CCC(Cn2cnnn2)CC1.